The molecular weight excluding hydrogens is 933 g/mol. The van der Waals surface area contributed by atoms with Crippen LogP contribution in [0, 0.1) is 0 Å². The van der Waals surface area contributed by atoms with Crippen LogP contribution in [0.15, 0.2) is 204 Å². The number of thioether (sulfide) groups is 1. The van der Waals surface area contributed by atoms with Crippen LogP contribution in [0.25, 0.3) is 0 Å². The summed E-state index contributed by atoms with van der Waals surface area (Å²) in [6.07, 6.45) is 1.20. The molecule has 2 saturated heterocycles. The SMILES string of the molecule is O=C(NC1C(=O)N2C(C(=O)O)C(COC(=O)N3CCCC3)=CS[C@@H]12)C(=NOC(c1ccccc1)(c1ccccc1)c1ccccc1)c1csc(NC(c2ccccc2)(c2ccccc2)c2ccccc2)n1. The highest BCUT2D eigenvalue weighted by molar-refractivity contribution is 8.03. The first kappa shape index (κ1) is 46.7. The van der Waals surface area contributed by atoms with Crippen molar-refractivity contribution in [1.29, 1.82) is 0 Å². The number of thiazole rings is 1. The summed E-state index contributed by atoms with van der Waals surface area (Å²) in [5, 5.41) is 24.9. The fraction of sp³-hybridized carbons (Fsp3) is 0.179. The maximum atomic E-state index is 15.1. The number of ether oxygens (including phenoxy) is 1. The van der Waals surface area contributed by atoms with Gasteiger partial charge < -0.3 is 35.1 Å². The van der Waals surface area contributed by atoms with Gasteiger partial charge in [0.15, 0.2) is 16.9 Å². The number of benzene rings is 6. The van der Waals surface area contributed by atoms with Crippen LogP contribution in [0.1, 0.15) is 51.9 Å². The summed E-state index contributed by atoms with van der Waals surface area (Å²) in [6.45, 7) is 0.840. The largest absolute Gasteiger partial charge is 0.479 e. The Morgan fingerprint density at radius 1 is 0.690 bits per heavy atom. The Balaban J connectivity index is 1.04. The molecule has 13 nitrogen and oxygen atoms in total. The molecule has 2 unspecified atom stereocenters. The topological polar surface area (TPSA) is 163 Å². The Morgan fingerprint density at radius 3 is 1.62 bits per heavy atom. The summed E-state index contributed by atoms with van der Waals surface area (Å²) in [5.74, 6) is -2.68. The maximum absolute atomic E-state index is 15.1. The fourth-order valence-electron chi connectivity index (χ4n) is 9.55. The number of carbonyl (C=O) groups is 4. The highest BCUT2D eigenvalue weighted by Crippen LogP contribution is 2.44. The predicted molar refractivity (Wildman–Crippen MR) is 274 cm³/mol. The Hall–Kier alpha value is -8.01. The molecule has 0 radical (unpaired) electrons. The number of aromatic nitrogens is 1. The molecule has 4 heterocycles. The summed E-state index contributed by atoms with van der Waals surface area (Å²) in [4.78, 5) is 69.5. The smallest absolute Gasteiger partial charge is 0.410 e. The minimum atomic E-state index is -1.40. The van der Waals surface area contributed by atoms with Crippen molar-refractivity contribution in [3.05, 3.63) is 237 Å². The van der Waals surface area contributed by atoms with Crippen molar-refractivity contribution in [1.82, 2.24) is 20.1 Å². The molecule has 0 aliphatic carbocycles. The van der Waals surface area contributed by atoms with Crippen molar-refractivity contribution < 1.29 is 33.9 Å². The van der Waals surface area contributed by atoms with E-state index >= 15 is 4.79 Å². The monoisotopic (exact) mass is 980 g/mol. The molecule has 10 rings (SSSR count). The number of oxime groups is 1. The Morgan fingerprint density at radius 2 is 1.15 bits per heavy atom. The molecule has 0 spiro atoms. The average molecular weight is 981 g/mol. The average Bonchev–Trinajstić information content (AvgIpc) is 4.15. The van der Waals surface area contributed by atoms with E-state index in [-0.39, 0.29) is 23.6 Å². The van der Waals surface area contributed by atoms with Crippen molar-refractivity contribution in [2.24, 2.45) is 5.16 Å². The molecule has 3 aliphatic rings. The number of amides is 3. The van der Waals surface area contributed by atoms with Gasteiger partial charge in [-0.1, -0.05) is 187 Å². The number of hydrogen-bond acceptors (Lipinski definition) is 11. The van der Waals surface area contributed by atoms with Gasteiger partial charge in [-0.2, -0.15) is 0 Å². The lowest BCUT2D eigenvalue weighted by molar-refractivity contribution is -0.160. The van der Waals surface area contributed by atoms with Crippen molar-refractivity contribution in [3.8, 4) is 0 Å². The van der Waals surface area contributed by atoms with Gasteiger partial charge in [0, 0.05) is 40.7 Å². The summed E-state index contributed by atoms with van der Waals surface area (Å²) < 4.78 is 5.51. The van der Waals surface area contributed by atoms with Gasteiger partial charge in [0.05, 0.1) is 0 Å². The first-order valence-corrected chi connectivity index (χ1v) is 25.1. The summed E-state index contributed by atoms with van der Waals surface area (Å²) in [7, 11) is 0. The number of hydrogen-bond donors (Lipinski definition) is 3. The van der Waals surface area contributed by atoms with Crippen LogP contribution in [0.3, 0.4) is 0 Å². The van der Waals surface area contributed by atoms with Gasteiger partial charge in [-0.3, -0.25) is 9.59 Å². The van der Waals surface area contributed by atoms with Gasteiger partial charge in [-0.25, -0.2) is 14.6 Å². The molecule has 6 aromatic carbocycles. The number of nitrogens with zero attached hydrogens (tertiary/aromatic N) is 4. The highest BCUT2D eigenvalue weighted by atomic mass is 32.2. The second kappa shape index (κ2) is 20.5. The lowest BCUT2D eigenvalue weighted by Gasteiger charge is -2.51. The van der Waals surface area contributed by atoms with Crippen LogP contribution in [0.2, 0.25) is 0 Å². The molecule has 71 heavy (non-hydrogen) atoms. The van der Waals surface area contributed by atoms with Crippen LogP contribution >= 0.6 is 23.1 Å². The number of carbonyl (C=O) groups excluding carboxylic acids is 3. The van der Waals surface area contributed by atoms with Crippen molar-refractivity contribution >= 4 is 57.8 Å². The molecular formula is C56H48N6O7S2. The van der Waals surface area contributed by atoms with Gasteiger partial charge in [0.25, 0.3) is 5.91 Å². The Kier molecular flexibility index (Phi) is 13.5. The minimum absolute atomic E-state index is 0.159. The quantitative estimate of drug-likeness (QED) is 0.0368. The predicted octanol–water partition coefficient (Wildman–Crippen LogP) is 9.23. The number of fused-ring (bicyclic) bond motifs is 1. The molecule has 15 heteroatoms. The number of β-lactam (4-membered cyclic amide) rings is 1. The molecule has 0 saturated carbocycles. The second-order valence-electron chi connectivity index (χ2n) is 17.2. The maximum Gasteiger partial charge on any atom is 0.410 e. The summed E-state index contributed by atoms with van der Waals surface area (Å²) in [5.41, 5.74) is 2.89. The third kappa shape index (κ3) is 9.05. The third-order valence-electron chi connectivity index (χ3n) is 13.0. The van der Waals surface area contributed by atoms with Crippen molar-refractivity contribution in [3.63, 3.8) is 0 Å². The molecule has 2 fully saturated rings. The molecule has 3 amide bonds. The first-order chi connectivity index (χ1) is 34.8. The summed E-state index contributed by atoms with van der Waals surface area (Å²) >= 11 is 2.44. The Bertz CT molecular complexity index is 2870. The zero-order valence-corrected chi connectivity index (χ0v) is 39.9. The fourth-order valence-corrected chi connectivity index (χ4v) is 11.5. The number of carboxylic acid groups (broad SMARTS) is 1. The molecule has 3 N–H and O–H groups in total. The van der Waals surface area contributed by atoms with E-state index in [1.54, 1.807) is 15.7 Å². The van der Waals surface area contributed by atoms with E-state index in [4.69, 9.17) is 19.7 Å². The van der Waals surface area contributed by atoms with E-state index in [1.165, 1.54) is 28.0 Å². The number of likely N-dealkylation sites (tertiary alicyclic amines) is 1. The normalized spacial score (nSPS) is 17.9. The number of rotatable bonds is 16. The van der Waals surface area contributed by atoms with E-state index in [9.17, 15) is 19.5 Å². The van der Waals surface area contributed by atoms with Crippen LogP contribution in [0.5, 0.6) is 0 Å². The van der Waals surface area contributed by atoms with Crippen LogP contribution in [-0.2, 0) is 35.1 Å². The van der Waals surface area contributed by atoms with Gasteiger partial charge in [-0.05, 0) is 34.9 Å². The first-order valence-electron chi connectivity index (χ1n) is 23.2. The lowest BCUT2D eigenvalue weighted by Crippen LogP contribution is -2.74. The van der Waals surface area contributed by atoms with Crippen LogP contribution in [0.4, 0.5) is 9.93 Å². The minimum Gasteiger partial charge on any atom is -0.479 e. The highest BCUT2D eigenvalue weighted by Gasteiger charge is 2.56. The lowest BCUT2D eigenvalue weighted by atomic mass is 9.77. The van der Waals surface area contributed by atoms with Gasteiger partial charge in [-0.15, -0.1) is 23.1 Å². The molecule has 3 atom stereocenters. The molecule has 0 bridgehead atoms. The third-order valence-corrected chi connectivity index (χ3v) is 15.0. The summed E-state index contributed by atoms with van der Waals surface area (Å²) in [6, 6.07) is 56.4. The van der Waals surface area contributed by atoms with Crippen molar-refractivity contribution in [2.75, 3.05) is 25.0 Å². The molecule has 3 aliphatic heterocycles. The number of carboxylic acids is 1. The second-order valence-corrected chi connectivity index (χ2v) is 19.1. The van der Waals surface area contributed by atoms with Gasteiger partial charge >= 0.3 is 12.1 Å². The number of nitrogens with one attached hydrogen (secondary N) is 2. The van der Waals surface area contributed by atoms with E-state index < -0.39 is 52.5 Å². The van der Waals surface area contributed by atoms with E-state index in [0.717, 1.165) is 46.2 Å². The van der Waals surface area contributed by atoms with E-state index in [0.29, 0.717) is 18.2 Å². The van der Waals surface area contributed by atoms with Gasteiger partial charge in [0.2, 0.25) is 11.5 Å². The Labute approximate surface area is 418 Å². The number of aliphatic carboxylic acids is 1. The molecule has 1 aromatic heterocycles. The zero-order valence-electron chi connectivity index (χ0n) is 38.2. The number of anilines is 1. The van der Waals surface area contributed by atoms with Gasteiger partial charge in [0.1, 0.15) is 29.3 Å². The van der Waals surface area contributed by atoms with E-state index in [1.807, 2.05) is 146 Å². The molecule has 7 aromatic rings. The standard InChI is InChI=1S/C56H48N6O7S2/c63-49(58-47-50(64)62-48(52(65)66)38(36-70-51(47)62)35-68-54(67)61-33-19-20-34-61)46(60-69-56(42-27-13-4-14-28-42,43-29-15-5-16-30-43)44-31-17-6-18-32-44)45-37-71-53(57-45)59-55(39-21-7-1-8-22-39,40-23-9-2-10-24-40)41-25-11-3-12-26-41/h1-18,21-32,36-37,47-48,51H,19-20,33-35H2,(H,57,59)(H,58,63)(H,65,66)/t47?,48?,51-/m0/s1. The van der Waals surface area contributed by atoms with Crippen LogP contribution < -0.4 is 10.6 Å². The van der Waals surface area contributed by atoms with E-state index in [2.05, 4.69) is 47.0 Å². The van der Waals surface area contributed by atoms with Crippen molar-refractivity contribution in [2.45, 2.75) is 41.4 Å². The zero-order chi connectivity index (χ0) is 48.8. The van der Waals surface area contributed by atoms with Crippen LogP contribution in [-0.4, -0.2) is 86.6 Å². The molecule has 356 valence electrons.